The fourth-order valence-corrected chi connectivity index (χ4v) is 1.50. The third kappa shape index (κ3) is 1.64. The van der Waals surface area contributed by atoms with E-state index in [4.69, 9.17) is 0 Å². The van der Waals surface area contributed by atoms with Crippen LogP contribution in [0.25, 0.3) is 0 Å². The monoisotopic (exact) mass is 176 g/mol. The molecule has 0 fully saturated rings. The largest absolute Gasteiger partial charge is 0.338 e. The molecule has 1 heterocycles. The van der Waals surface area contributed by atoms with E-state index in [0.717, 1.165) is 12.1 Å². The summed E-state index contributed by atoms with van der Waals surface area (Å²) in [5.41, 5.74) is 3.31. The summed E-state index contributed by atoms with van der Waals surface area (Å²) < 4.78 is 0. The van der Waals surface area contributed by atoms with E-state index in [0.29, 0.717) is 6.54 Å². The van der Waals surface area contributed by atoms with E-state index in [2.05, 4.69) is 22.8 Å². The Morgan fingerprint density at radius 2 is 2.23 bits per heavy atom. The first-order valence-corrected chi connectivity index (χ1v) is 4.40. The summed E-state index contributed by atoms with van der Waals surface area (Å²) in [6.07, 6.45) is 0.897. The highest BCUT2D eigenvalue weighted by Crippen LogP contribution is 2.19. The minimum absolute atomic E-state index is 0.107. The highest BCUT2D eigenvalue weighted by molar-refractivity contribution is 5.91. The normalized spacial score (nSPS) is 15.3. The van der Waals surface area contributed by atoms with Crippen LogP contribution in [0.3, 0.4) is 0 Å². The van der Waals surface area contributed by atoms with Gasteiger partial charge in [-0.2, -0.15) is 0 Å². The maximum atomic E-state index is 11.1. The Morgan fingerprint density at radius 1 is 1.38 bits per heavy atom. The van der Waals surface area contributed by atoms with Crippen LogP contribution in [0.2, 0.25) is 0 Å². The average Bonchev–Trinajstić information content (AvgIpc) is 2.25. The maximum Gasteiger partial charge on any atom is 0.319 e. The van der Waals surface area contributed by atoms with Gasteiger partial charge >= 0.3 is 6.03 Å². The molecule has 1 aromatic rings. The van der Waals surface area contributed by atoms with Crippen molar-refractivity contribution in [1.29, 1.82) is 0 Å². The second-order valence-corrected chi connectivity index (χ2v) is 3.29. The van der Waals surface area contributed by atoms with Gasteiger partial charge in [-0.3, -0.25) is 0 Å². The molecule has 3 heteroatoms. The van der Waals surface area contributed by atoms with Crippen molar-refractivity contribution >= 4 is 11.7 Å². The highest BCUT2D eigenvalue weighted by Gasteiger charge is 2.10. The summed E-state index contributed by atoms with van der Waals surface area (Å²) in [7, 11) is 0. The Bertz CT molecular complexity index is 347. The third-order valence-electron chi connectivity index (χ3n) is 2.19. The van der Waals surface area contributed by atoms with E-state index in [-0.39, 0.29) is 6.03 Å². The number of urea groups is 1. The predicted molar refractivity (Wildman–Crippen MR) is 51.9 cm³/mol. The first-order valence-electron chi connectivity index (χ1n) is 4.40. The SMILES string of the molecule is Cc1ccc2c(c1)NC(=O)NCC2. The molecule has 0 aliphatic carbocycles. The number of amides is 2. The molecule has 1 aliphatic rings. The van der Waals surface area contributed by atoms with Gasteiger partial charge in [-0.15, -0.1) is 0 Å². The van der Waals surface area contributed by atoms with Crippen LogP contribution in [0.4, 0.5) is 10.5 Å². The summed E-state index contributed by atoms with van der Waals surface area (Å²) in [6.45, 7) is 2.73. The van der Waals surface area contributed by atoms with Crippen molar-refractivity contribution in [2.45, 2.75) is 13.3 Å². The van der Waals surface area contributed by atoms with Crippen LogP contribution >= 0.6 is 0 Å². The van der Waals surface area contributed by atoms with Gasteiger partial charge in [-0.05, 0) is 30.5 Å². The Balaban J connectivity index is 2.40. The molecule has 3 nitrogen and oxygen atoms in total. The van der Waals surface area contributed by atoms with E-state index >= 15 is 0 Å². The first-order chi connectivity index (χ1) is 6.25. The second kappa shape index (κ2) is 3.09. The van der Waals surface area contributed by atoms with Crippen LogP contribution in [-0.4, -0.2) is 12.6 Å². The summed E-state index contributed by atoms with van der Waals surface area (Å²) in [4.78, 5) is 11.1. The van der Waals surface area contributed by atoms with Crippen molar-refractivity contribution in [3.8, 4) is 0 Å². The van der Waals surface area contributed by atoms with Gasteiger partial charge in [-0.25, -0.2) is 4.79 Å². The molecule has 0 radical (unpaired) electrons. The lowest BCUT2D eigenvalue weighted by molar-refractivity contribution is 0.252. The number of carbonyl (C=O) groups is 1. The van der Waals surface area contributed by atoms with Crippen LogP contribution in [0.1, 0.15) is 11.1 Å². The van der Waals surface area contributed by atoms with E-state index in [1.165, 1.54) is 11.1 Å². The lowest BCUT2D eigenvalue weighted by Crippen LogP contribution is -2.27. The summed E-state index contributed by atoms with van der Waals surface area (Å²) in [6, 6.07) is 6.03. The Morgan fingerprint density at radius 3 is 3.08 bits per heavy atom. The standard InChI is InChI=1S/C10H12N2O/c1-7-2-3-8-4-5-11-10(13)12-9(8)6-7/h2-3,6H,4-5H2,1H3,(H2,11,12,13). The Hall–Kier alpha value is -1.51. The van der Waals surface area contributed by atoms with Crippen LogP contribution in [0.15, 0.2) is 18.2 Å². The molecule has 1 aliphatic heterocycles. The zero-order chi connectivity index (χ0) is 9.26. The summed E-state index contributed by atoms with van der Waals surface area (Å²) >= 11 is 0. The number of fused-ring (bicyclic) bond motifs is 1. The van der Waals surface area contributed by atoms with Crippen molar-refractivity contribution < 1.29 is 4.79 Å². The number of benzene rings is 1. The van der Waals surface area contributed by atoms with Gasteiger partial charge < -0.3 is 10.6 Å². The minimum atomic E-state index is -0.107. The number of hydrogen-bond donors (Lipinski definition) is 2. The number of carbonyl (C=O) groups excluding carboxylic acids is 1. The average molecular weight is 176 g/mol. The van der Waals surface area contributed by atoms with Crippen molar-refractivity contribution in [3.05, 3.63) is 29.3 Å². The lowest BCUT2D eigenvalue weighted by Gasteiger charge is -2.05. The molecular weight excluding hydrogens is 164 g/mol. The lowest BCUT2D eigenvalue weighted by atomic mass is 10.1. The molecule has 0 atom stereocenters. The van der Waals surface area contributed by atoms with Crippen LogP contribution in [-0.2, 0) is 6.42 Å². The van der Waals surface area contributed by atoms with Gasteiger partial charge in [0.25, 0.3) is 0 Å². The van der Waals surface area contributed by atoms with Crippen molar-refractivity contribution in [1.82, 2.24) is 5.32 Å². The van der Waals surface area contributed by atoms with Gasteiger partial charge in [0.05, 0.1) is 0 Å². The molecule has 2 amide bonds. The number of nitrogens with one attached hydrogen (secondary N) is 2. The minimum Gasteiger partial charge on any atom is -0.338 e. The van der Waals surface area contributed by atoms with Gasteiger partial charge in [0.15, 0.2) is 0 Å². The number of anilines is 1. The van der Waals surface area contributed by atoms with Crippen LogP contribution in [0.5, 0.6) is 0 Å². The van der Waals surface area contributed by atoms with E-state index < -0.39 is 0 Å². The van der Waals surface area contributed by atoms with Crippen molar-refractivity contribution in [2.75, 3.05) is 11.9 Å². The fraction of sp³-hybridized carbons (Fsp3) is 0.300. The Kier molecular flexibility index (Phi) is 1.93. The van der Waals surface area contributed by atoms with Crippen LogP contribution < -0.4 is 10.6 Å². The summed E-state index contributed by atoms with van der Waals surface area (Å²) in [5.74, 6) is 0. The van der Waals surface area contributed by atoms with Crippen molar-refractivity contribution in [3.63, 3.8) is 0 Å². The van der Waals surface area contributed by atoms with Gasteiger partial charge in [0.2, 0.25) is 0 Å². The van der Waals surface area contributed by atoms with Gasteiger partial charge in [-0.1, -0.05) is 12.1 Å². The number of hydrogen-bond acceptors (Lipinski definition) is 1. The van der Waals surface area contributed by atoms with Gasteiger partial charge in [0, 0.05) is 12.2 Å². The van der Waals surface area contributed by atoms with E-state index in [1.54, 1.807) is 0 Å². The maximum absolute atomic E-state index is 11.1. The van der Waals surface area contributed by atoms with E-state index in [1.807, 2.05) is 13.0 Å². The molecule has 0 spiro atoms. The fourth-order valence-electron chi connectivity index (χ4n) is 1.50. The molecule has 0 aromatic heterocycles. The van der Waals surface area contributed by atoms with Gasteiger partial charge in [0.1, 0.15) is 0 Å². The zero-order valence-electron chi connectivity index (χ0n) is 7.55. The smallest absolute Gasteiger partial charge is 0.319 e. The topological polar surface area (TPSA) is 41.1 Å². The third-order valence-corrected chi connectivity index (χ3v) is 2.19. The Labute approximate surface area is 77.1 Å². The summed E-state index contributed by atoms with van der Waals surface area (Å²) in [5, 5.41) is 5.57. The number of rotatable bonds is 0. The zero-order valence-corrected chi connectivity index (χ0v) is 7.55. The molecular formula is C10H12N2O. The molecule has 0 bridgehead atoms. The molecule has 0 saturated carbocycles. The molecule has 0 unspecified atom stereocenters. The molecule has 1 aromatic carbocycles. The quantitative estimate of drug-likeness (QED) is 0.620. The number of aryl methyl sites for hydroxylation is 1. The predicted octanol–water partition coefficient (Wildman–Crippen LogP) is 1.67. The molecule has 13 heavy (non-hydrogen) atoms. The first kappa shape index (κ1) is 8.10. The van der Waals surface area contributed by atoms with Crippen LogP contribution in [0, 0.1) is 6.92 Å². The second-order valence-electron chi connectivity index (χ2n) is 3.29. The molecule has 2 rings (SSSR count). The molecule has 68 valence electrons. The molecule has 0 saturated heterocycles. The molecule has 2 N–H and O–H groups in total. The highest BCUT2D eigenvalue weighted by atomic mass is 16.2. The van der Waals surface area contributed by atoms with E-state index in [9.17, 15) is 4.79 Å². The van der Waals surface area contributed by atoms with Crippen molar-refractivity contribution in [2.24, 2.45) is 0 Å².